The molecule has 0 aromatic rings. The highest BCUT2D eigenvalue weighted by Gasteiger charge is 1.96. The Hall–Kier alpha value is -1.08. The Morgan fingerprint density at radius 3 is 2.83 bits per heavy atom. The fourth-order valence-electron chi connectivity index (χ4n) is 0.757. The Morgan fingerprint density at radius 2 is 2.25 bits per heavy atom. The van der Waals surface area contributed by atoms with Crippen LogP contribution in [-0.4, -0.2) is 25.5 Å². The van der Waals surface area contributed by atoms with E-state index in [0.29, 0.717) is 32.5 Å². The van der Waals surface area contributed by atoms with Crippen LogP contribution in [0.15, 0.2) is 0 Å². The fraction of sp³-hybridized carbons (Fsp3) is 0.750. The van der Waals surface area contributed by atoms with Gasteiger partial charge in [-0.25, -0.2) is 0 Å². The lowest BCUT2D eigenvalue weighted by molar-refractivity contribution is -0.120. The molecular weight excluding hydrogens is 154 g/mol. The van der Waals surface area contributed by atoms with E-state index in [-0.39, 0.29) is 5.91 Å². The topological polar surface area (TPSA) is 64.9 Å². The van der Waals surface area contributed by atoms with Gasteiger partial charge in [-0.05, 0) is 6.92 Å². The average molecular weight is 169 g/mol. The first kappa shape index (κ1) is 10.9. The Kier molecular flexibility index (Phi) is 7.30. The summed E-state index contributed by atoms with van der Waals surface area (Å²) in [6, 6.07) is 2.02. The summed E-state index contributed by atoms with van der Waals surface area (Å²) in [6.07, 6.45) is 0.981. The van der Waals surface area contributed by atoms with E-state index in [0.717, 1.165) is 0 Å². The number of carbonyl (C=O) groups is 1. The SMILES string of the molecule is CCNC(=O)CCNCCC#N. The number of rotatable bonds is 6. The molecule has 4 heteroatoms. The first-order valence-electron chi connectivity index (χ1n) is 4.15. The Balaban J connectivity index is 3.09. The van der Waals surface area contributed by atoms with Gasteiger partial charge in [0.25, 0.3) is 0 Å². The predicted octanol–water partition coefficient (Wildman–Crippen LogP) is 0.0159. The smallest absolute Gasteiger partial charge is 0.221 e. The zero-order valence-electron chi connectivity index (χ0n) is 7.39. The van der Waals surface area contributed by atoms with Crippen molar-refractivity contribution in [2.75, 3.05) is 19.6 Å². The van der Waals surface area contributed by atoms with Crippen molar-refractivity contribution >= 4 is 5.91 Å². The molecule has 0 heterocycles. The maximum Gasteiger partial charge on any atom is 0.221 e. The second kappa shape index (κ2) is 8.02. The van der Waals surface area contributed by atoms with Crippen molar-refractivity contribution in [3.8, 4) is 6.07 Å². The molecule has 0 radical (unpaired) electrons. The van der Waals surface area contributed by atoms with Gasteiger partial charge in [0.2, 0.25) is 5.91 Å². The first-order valence-corrected chi connectivity index (χ1v) is 4.15. The summed E-state index contributed by atoms with van der Waals surface area (Å²) in [4.78, 5) is 10.9. The van der Waals surface area contributed by atoms with Crippen LogP contribution in [0.3, 0.4) is 0 Å². The van der Waals surface area contributed by atoms with Crippen LogP contribution in [0.1, 0.15) is 19.8 Å². The Morgan fingerprint density at radius 1 is 1.50 bits per heavy atom. The maximum atomic E-state index is 10.9. The van der Waals surface area contributed by atoms with Gasteiger partial charge in [0.15, 0.2) is 0 Å². The lowest BCUT2D eigenvalue weighted by Gasteiger charge is -2.02. The molecule has 0 bridgehead atoms. The van der Waals surface area contributed by atoms with Gasteiger partial charge < -0.3 is 10.6 Å². The second-order valence-corrected chi connectivity index (χ2v) is 2.36. The molecule has 0 fully saturated rings. The molecule has 0 aromatic carbocycles. The summed E-state index contributed by atoms with van der Waals surface area (Å²) in [6.45, 7) is 3.88. The Bertz CT molecular complexity index is 162. The molecule has 68 valence electrons. The van der Waals surface area contributed by atoms with E-state index >= 15 is 0 Å². The molecule has 2 N–H and O–H groups in total. The highest BCUT2D eigenvalue weighted by Crippen LogP contribution is 1.77. The van der Waals surface area contributed by atoms with Crippen molar-refractivity contribution < 1.29 is 4.79 Å². The van der Waals surface area contributed by atoms with Crippen LogP contribution < -0.4 is 10.6 Å². The monoisotopic (exact) mass is 169 g/mol. The predicted molar refractivity (Wildman–Crippen MR) is 46.4 cm³/mol. The first-order chi connectivity index (χ1) is 5.81. The standard InChI is InChI=1S/C8H15N3O/c1-2-11-8(12)4-7-10-6-3-5-9/h10H,2-4,6-7H2,1H3,(H,11,12). The number of hydrogen-bond acceptors (Lipinski definition) is 3. The summed E-state index contributed by atoms with van der Waals surface area (Å²) in [7, 11) is 0. The zero-order valence-corrected chi connectivity index (χ0v) is 7.39. The van der Waals surface area contributed by atoms with Crippen molar-refractivity contribution in [1.29, 1.82) is 5.26 Å². The van der Waals surface area contributed by atoms with Crippen molar-refractivity contribution in [3.63, 3.8) is 0 Å². The highest BCUT2D eigenvalue weighted by molar-refractivity contribution is 5.75. The summed E-state index contributed by atoms with van der Waals surface area (Å²) >= 11 is 0. The fourth-order valence-corrected chi connectivity index (χ4v) is 0.757. The largest absolute Gasteiger partial charge is 0.356 e. The van der Waals surface area contributed by atoms with Crippen molar-refractivity contribution in [2.24, 2.45) is 0 Å². The Labute approximate surface area is 72.9 Å². The molecule has 4 nitrogen and oxygen atoms in total. The van der Waals surface area contributed by atoms with E-state index in [1.165, 1.54) is 0 Å². The zero-order chi connectivity index (χ0) is 9.23. The van der Waals surface area contributed by atoms with Crippen molar-refractivity contribution in [1.82, 2.24) is 10.6 Å². The van der Waals surface area contributed by atoms with E-state index in [1.807, 2.05) is 13.0 Å². The van der Waals surface area contributed by atoms with Crippen LogP contribution in [0.5, 0.6) is 0 Å². The third-order valence-electron chi connectivity index (χ3n) is 1.32. The minimum Gasteiger partial charge on any atom is -0.356 e. The van der Waals surface area contributed by atoms with Gasteiger partial charge >= 0.3 is 0 Å². The van der Waals surface area contributed by atoms with E-state index < -0.39 is 0 Å². The highest BCUT2D eigenvalue weighted by atomic mass is 16.1. The van der Waals surface area contributed by atoms with E-state index in [4.69, 9.17) is 5.26 Å². The molecule has 12 heavy (non-hydrogen) atoms. The van der Waals surface area contributed by atoms with Gasteiger partial charge in [0.05, 0.1) is 6.07 Å². The van der Waals surface area contributed by atoms with Crippen molar-refractivity contribution in [2.45, 2.75) is 19.8 Å². The third-order valence-corrected chi connectivity index (χ3v) is 1.32. The lowest BCUT2D eigenvalue weighted by Crippen LogP contribution is -2.27. The van der Waals surface area contributed by atoms with Gasteiger partial charge in [0, 0.05) is 32.5 Å². The van der Waals surface area contributed by atoms with Gasteiger partial charge in [-0.1, -0.05) is 0 Å². The van der Waals surface area contributed by atoms with Crippen LogP contribution in [0.4, 0.5) is 0 Å². The molecular formula is C8H15N3O. The minimum absolute atomic E-state index is 0.0574. The number of hydrogen-bond donors (Lipinski definition) is 2. The number of amides is 1. The summed E-state index contributed by atoms with van der Waals surface area (Å²) in [5.41, 5.74) is 0. The van der Waals surface area contributed by atoms with Crippen LogP contribution in [0.25, 0.3) is 0 Å². The van der Waals surface area contributed by atoms with Crippen LogP contribution in [0.2, 0.25) is 0 Å². The molecule has 0 atom stereocenters. The van der Waals surface area contributed by atoms with Gasteiger partial charge in [-0.2, -0.15) is 5.26 Å². The molecule has 0 aliphatic heterocycles. The third kappa shape index (κ3) is 7.03. The summed E-state index contributed by atoms with van der Waals surface area (Å²) < 4.78 is 0. The molecule has 0 unspecified atom stereocenters. The summed E-state index contributed by atoms with van der Waals surface area (Å²) in [5, 5.41) is 13.9. The van der Waals surface area contributed by atoms with Gasteiger partial charge in [-0.3, -0.25) is 4.79 Å². The molecule has 0 saturated carbocycles. The van der Waals surface area contributed by atoms with E-state index in [2.05, 4.69) is 10.6 Å². The quantitative estimate of drug-likeness (QED) is 0.551. The number of carbonyl (C=O) groups excluding carboxylic acids is 1. The van der Waals surface area contributed by atoms with E-state index in [9.17, 15) is 4.79 Å². The molecule has 1 amide bonds. The average Bonchev–Trinajstić information content (AvgIpc) is 2.05. The maximum absolute atomic E-state index is 10.9. The van der Waals surface area contributed by atoms with Gasteiger partial charge in [0.1, 0.15) is 0 Å². The van der Waals surface area contributed by atoms with Crippen molar-refractivity contribution in [3.05, 3.63) is 0 Å². The molecule has 0 spiro atoms. The number of nitrogens with one attached hydrogen (secondary N) is 2. The van der Waals surface area contributed by atoms with Crippen LogP contribution in [-0.2, 0) is 4.79 Å². The molecule has 0 rings (SSSR count). The van der Waals surface area contributed by atoms with Gasteiger partial charge in [-0.15, -0.1) is 0 Å². The molecule has 0 aliphatic carbocycles. The molecule has 0 aliphatic rings. The molecule has 0 saturated heterocycles. The minimum atomic E-state index is 0.0574. The normalized spacial score (nSPS) is 9.00. The molecule has 0 aromatic heterocycles. The lowest BCUT2D eigenvalue weighted by atomic mass is 10.4. The second-order valence-electron chi connectivity index (χ2n) is 2.36. The van der Waals surface area contributed by atoms with E-state index in [1.54, 1.807) is 0 Å². The summed E-state index contributed by atoms with van der Waals surface area (Å²) in [5.74, 6) is 0.0574. The van der Waals surface area contributed by atoms with Crippen LogP contribution in [0, 0.1) is 11.3 Å². The number of nitriles is 1. The number of nitrogens with zero attached hydrogens (tertiary/aromatic N) is 1. The van der Waals surface area contributed by atoms with Crippen LogP contribution >= 0.6 is 0 Å².